The summed E-state index contributed by atoms with van der Waals surface area (Å²) < 4.78 is 5.82. The predicted molar refractivity (Wildman–Crippen MR) is 79.8 cm³/mol. The fourth-order valence-electron chi connectivity index (χ4n) is 2.83. The van der Waals surface area contributed by atoms with Crippen LogP contribution < -0.4 is 15.8 Å². The maximum atomic E-state index is 11.4. The molecule has 4 heteroatoms. The van der Waals surface area contributed by atoms with Gasteiger partial charge in [-0.1, -0.05) is 6.92 Å². The van der Waals surface area contributed by atoms with Gasteiger partial charge in [0.2, 0.25) is 5.91 Å². The second kappa shape index (κ2) is 5.83. The Morgan fingerprint density at radius 2 is 2.20 bits per heavy atom. The lowest BCUT2D eigenvalue weighted by Gasteiger charge is -2.30. The number of hydrogen-bond acceptors (Lipinski definition) is 3. The molecule has 1 aliphatic rings. The summed E-state index contributed by atoms with van der Waals surface area (Å²) >= 11 is 0. The predicted octanol–water partition coefficient (Wildman–Crippen LogP) is 2.67. The molecule has 0 aromatic heterocycles. The fourth-order valence-corrected chi connectivity index (χ4v) is 2.83. The molecule has 0 aliphatic carbocycles. The third-order valence-electron chi connectivity index (χ3n) is 4.15. The monoisotopic (exact) mass is 276 g/mol. The Kier molecular flexibility index (Phi) is 4.33. The standard InChI is InChI=1S/C16H24N2O2/c1-5-14(17)12-8-13-15(18-11(4)19)6-7-20-16(13)10(3)9(12)2/h8,14-15H,5-7,17H2,1-4H3,(H,18,19). The van der Waals surface area contributed by atoms with Gasteiger partial charge in [-0.05, 0) is 43.0 Å². The quantitative estimate of drug-likeness (QED) is 0.892. The van der Waals surface area contributed by atoms with E-state index in [0.29, 0.717) is 6.61 Å². The summed E-state index contributed by atoms with van der Waals surface area (Å²) in [6.07, 6.45) is 1.70. The Balaban J connectivity index is 2.52. The smallest absolute Gasteiger partial charge is 0.217 e. The molecule has 1 heterocycles. The maximum absolute atomic E-state index is 11.4. The molecule has 4 nitrogen and oxygen atoms in total. The first-order valence-corrected chi connectivity index (χ1v) is 7.25. The van der Waals surface area contributed by atoms with Crippen LogP contribution in [0.2, 0.25) is 0 Å². The highest BCUT2D eigenvalue weighted by atomic mass is 16.5. The van der Waals surface area contributed by atoms with Gasteiger partial charge < -0.3 is 15.8 Å². The lowest BCUT2D eigenvalue weighted by molar-refractivity contribution is -0.119. The van der Waals surface area contributed by atoms with Crippen molar-refractivity contribution in [3.05, 3.63) is 28.3 Å². The lowest BCUT2D eigenvalue weighted by atomic mass is 9.88. The van der Waals surface area contributed by atoms with E-state index < -0.39 is 0 Å². The average molecular weight is 276 g/mol. The van der Waals surface area contributed by atoms with Crippen molar-refractivity contribution in [2.75, 3.05) is 6.61 Å². The van der Waals surface area contributed by atoms with Gasteiger partial charge >= 0.3 is 0 Å². The minimum Gasteiger partial charge on any atom is -0.493 e. The van der Waals surface area contributed by atoms with Crippen LogP contribution in [0.15, 0.2) is 6.07 Å². The zero-order valence-corrected chi connectivity index (χ0v) is 12.7. The van der Waals surface area contributed by atoms with Crippen LogP contribution in [-0.2, 0) is 4.79 Å². The molecule has 3 N–H and O–H groups in total. The highest BCUT2D eigenvalue weighted by Gasteiger charge is 2.26. The Labute approximate surface area is 120 Å². The van der Waals surface area contributed by atoms with Crippen LogP contribution in [0.5, 0.6) is 5.75 Å². The summed E-state index contributed by atoms with van der Waals surface area (Å²) in [5.74, 6) is 0.905. The SMILES string of the molecule is CCC(N)c1cc2c(c(C)c1C)OCCC2NC(C)=O. The Bertz CT molecular complexity index is 526. The summed E-state index contributed by atoms with van der Waals surface area (Å²) in [5, 5.41) is 3.01. The summed E-state index contributed by atoms with van der Waals surface area (Å²) in [5.41, 5.74) is 10.8. The van der Waals surface area contributed by atoms with Crippen molar-refractivity contribution >= 4 is 5.91 Å². The molecule has 1 aromatic carbocycles. The van der Waals surface area contributed by atoms with Crippen LogP contribution >= 0.6 is 0 Å². The number of rotatable bonds is 3. The van der Waals surface area contributed by atoms with E-state index in [4.69, 9.17) is 10.5 Å². The summed E-state index contributed by atoms with van der Waals surface area (Å²) in [4.78, 5) is 11.4. The van der Waals surface area contributed by atoms with Crippen molar-refractivity contribution in [2.24, 2.45) is 5.73 Å². The molecular weight excluding hydrogens is 252 g/mol. The molecule has 2 unspecified atom stereocenters. The van der Waals surface area contributed by atoms with Gasteiger partial charge in [0.25, 0.3) is 0 Å². The third kappa shape index (κ3) is 2.66. The molecule has 1 amide bonds. The van der Waals surface area contributed by atoms with Crippen molar-refractivity contribution in [1.82, 2.24) is 5.32 Å². The van der Waals surface area contributed by atoms with Gasteiger partial charge in [-0.15, -0.1) is 0 Å². The van der Waals surface area contributed by atoms with Crippen LogP contribution in [0.25, 0.3) is 0 Å². The van der Waals surface area contributed by atoms with Crippen molar-refractivity contribution in [2.45, 2.75) is 52.6 Å². The molecule has 1 aromatic rings. The first-order chi connectivity index (χ1) is 9.45. The van der Waals surface area contributed by atoms with Crippen molar-refractivity contribution in [3.63, 3.8) is 0 Å². The molecule has 0 fully saturated rings. The normalized spacial score (nSPS) is 18.9. The number of carbonyl (C=O) groups is 1. The van der Waals surface area contributed by atoms with Crippen molar-refractivity contribution < 1.29 is 9.53 Å². The van der Waals surface area contributed by atoms with Crippen LogP contribution in [0.1, 0.15) is 61.0 Å². The van der Waals surface area contributed by atoms with E-state index in [1.807, 2.05) is 0 Å². The molecule has 0 saturated carbocycles. The first kappa shape index (κ1) is 14.9. The number of nitrogens with one attached hydrogen (secondary N) is 1. The number of carbonyl (C=O) groups excluding carboxylic acids is 1. The van der Waals surface area contributed by atoms with E-state index in [2.05, 4.69) is 32.2 Å². The molecule has 1 aliphatic heterocycles. The summed E-state index contributed by atoms with van der Waals surface area (Å²) in [6, 6.07) is 2.17. The second-order valence-corrected chi connectivity index (χ2v) is 5.54. The molecule has 0 spiro atoms. The van der Waals surface area contributed by atoms with Gasteiger partial charge in [0.1, 0.15) is 5.75 Å². The molecule has 0 bridgehead atoms. The molecule has 110 valence electrons. The Morgan fingerprint density at radius 3 is 2.80 bits per heavy atom. The highest BCUT2D eigenvalue weighted by Crippen LogP contribution is 2.39. The van der Waals surface area contributed by atoms with E-state index in [-0.39, 0.29) is 18.0 Å². The molecule has 20 heavy (non-hydrogen) atoms. The van der Waals surface area contributed by atoms with Gasteiger partial charge in [0.05, 0.1) is 12.6 Å². The maximum Gasteiger partial charge on any atom is 0.217 e. The van der Waals surface area contributed by atoms with Gasteiger partial charge in [0, 0.05) is 24.9 Å². The number of fused-ring (bicyclic) bond motifs is 1. The zero-order chi connectivity index (χ0) is 14.9. The van der Waals surface area contributed by atoms with E-state index in [1.165, 1.54) is 5.56 Å². The molecule has 2 rings (SSSR count). The van der Waals surface area contributed by atoms with Crippen LogP contribution in [0.3, 0.4) is 0 Å². The molecule has 0 radical (unpaired) electrons. The number of amides is 1. The third-order valence-corrected chi connectivity index (χ3v) is 4.15. The molecule has 2 atom stereocenters. The van der Waals surface area contributed by atoms with Crippen molar-refractivity contribution in [1.29, 1.82) is 0 Å². The van der Waals surface area contributed by atoms with E-state index in [0.717, 1.165) is 35.3 Å². The van der Waals surface area contributed by atoms with E-state index >= 15 is 0 Å². The lowest BCUT2D eigenvalue weighted by Crippen LogP contribution is -2.31. The highest BCUT2D eigenvalue weighted by molar-refractivity contribution is 5.73. The first-order valence-electron chi connectivity index (χ1n) is 7.25. The number of ether oxygens (including phenoxy) is 1. The molecule has 0 saturated heterocycles. The average Bonchev–Trinajstić information content (AvgIpc) is 2.42. The second-order valence-electron chi connectivity index (χ2n) is 5.54. The van der Waals surface area contributed by atoms with Crippen LogP contribution in [0, 0.1) is 13.8 Å². The summed E-state index contributed by atoms with van der Waals surface area (Å²) in [6.45, 7) is 8.43. The fraction of sp³-hybridized carbons (Fsp3) is 0.562. The topological polar surface area (TPSA) is 64.3 Å². The Hall–Kier alpha value is -1.55. The largest absolute Gasteiger partial charge is 0.493 e. The van der Waals surface area contributed by atoms with E-state index in [1.54, 1.807) is 6.92 Å². The number of benzene rings is 1. The number of hydrogen-bond donors (Lipinski definition) is 2. The van der Waals surface area contributed by atoms with Crippen molar-refractivity contribution in [3.8, 4) is 5.75 Å². The number of nitrogens with two attached hydrogens (primary N) is 1. The van der Waals surface area contributed by atoms with Gasteiger partial charge in [-0.2, -0.15) is 0 Å². The van der Waals surface area contributed by atoms with Gasteiger partial charge in [0.15, 0.2) is 0 Å². The molecular formula is C16H24N2O2. The van der Waals surface area contributed by atoms with Crippen LogP contribution in [0.4, 0.5) is 0 Å². The zero-order valence-electron chi connectivity index (χ0n) is 12.7. The minimum absolute atomic E-state index is 0.0116. The summed E-state index contributed by atoms with van der Waals surface area (Å²) in [7, 11) is 0. The Morgan fingerprint density at radius 1 is 1.50 bits per heavy atom. The van der Waals surface area contributed by atoms with E-state index in [9.17, 15) is 4.79 Å². The van der Waals surface area contributed by atoms with Gasteiger partial charge in [-0.25, -0.2) is 0 Å². The van der Waals surface area contributed by atoms with Crippen LogP contribution in [-0.4, -0.2) is 12.5 Å². The van der Waals surface area contributed by atoms with Gasteiger partial charge in [-0.3, -0.25) is 4.79 Å². The minimum atomic E-state index is -0.0116.